The summed E-state index contributed by atoms with van der Waals surface area (Å²) < 4.78 is 52.7. The van der Waals surface area contributed by atoms with E-state index in [4.69, 9.17) is 30.5 Å². The SMILES string of the molecule is CCOc1ccc(CC2c3cc(OCC)c(OCC)cc3CCN2C(=O)c2cc(S(=O)(=O)N3CCN(CC)CC3)ccc2Cl)cc1OCC. The second-order valence-electron chi connectivity index (χ2n) is 12.0. The fourth-order valence-electron chi connectivity index (χ4n) is 6.57. The Morgan fingerprint density at radius 3 is 2.00 bits per heavy atom. The lowest BCUT2D eigenvalue weighted by molar-refractivity contribution is 0.0659. The first kappa shape index (κ1) is 36.8. The second-order valence-corrected chi connectivity index (χ2v) is 14.3. The van der Waals surface area contributed by atoms with Gasteiger partial charge < -0.3 is 28.7 Å². The van der Waals surface area contributed by atoms with E-state index in [2.05, 4.69) is 11.8 Å². The van der Waals surface area contributed by atoms with Crippen molar-refractivity contribution in [2.75, 3.05) is 65.7 Å². The molecule has 10 nitrogen and oxygen atoms in total. The molecule has 2 aliphatic heterocycles. The number of halogens is 1. The van der Waals surface area contributed by atoms with Gasteiger partial charge in [-0.1, -0.05) is 24.6 Å². The number of hydrogen-bond acceptors (Lipinski definition) is 8. The Labute approximate surface area is 295 Å². The predicted octanol–water partition coefficient (Wildman–Crippen LogP) is 6.24. The number of fused-ring (bicyclic) bond motifs is 1. The summed E-state index contributed by atoms with van der Waals surface area (Å²) in [6.07, 6.45) is 1.04. The minimum Gasteiger partial charge on any atom is -0.490 e. The topological polar surface area (TPSA) is 97.8 Å². The van der Waals surface area contributed by atoms with Gasteiger partial charge in [-0.2, -0.15) is 4.31 Å². The Bertz CT molecular complexity index is 1730. The molecule has 0 aliphatic carbocycles. The lowest BCUT2D eigenvalue weighted by Crippen LogP contribution is -2.48. The summed E-state index contributed by atoms with van der Waals surface area (Å²) >= 11 is 6.69. The summed E-state index contributed by atoms with van der Waals surface area (Å²) in [4.78, 5) is 18.7. The molecule has 49 heavy (non-hydrogen) atoms. The molecule has 1 amide bonds. The van der Waals surface area contributed by atoms with Gasteiger partial charge in [-0.15, -0.1) is 0 Å². The highest BCUT2D eigenvalue weighted by Crippen LogP contribution is 2.42. The predicted molar refractivity (Wildman–Crippen MR) is 191 cm³/mol. The number of amides is 1. The van der Waals surface area contributed by atoms with Crippen molar-refractivity contribution >= 4 is 27.5 Å². The van der Waals surface area contributed by atoms with Crippen LogP contribution in [-0.2, 0) is 22.9 Å². The van der Waals surface area contributed by atoms with E-state index in [1.807, 2.05) is 58.0 Å². The fraction of sp³-hybridized carbons (Fsp3) is 0.486. The average molecular weight is 714 g/mol. The zero-order valence-corrected chi connectivity index (χ0v) is 30.7. The van der Waals surface area contributed by atoms with Crippen molar-refractivity contribution in [3.05, 3.63) is 75.8 Å². The van der Waals surface area contributed by atoms with E-state index in [1.54, 1.807) is 4.90 Å². The van der Waals surface area contributed by atoms with E-state index in [0.29, 0.717) is 95.0 Å². The van der Waals surface area contributed by atoms with E-state index in [1.165, 1.54) is 22.5 Å². The molecule has 266 valence electrons. The van der Waals surface area contributed by atoms with Gasteiger partial charge in [0.15, 0.2) is 23.0 Å². The van der Waals surface area contributed by atoms with Gasteiger partial charge in [-0.05, 0) is 106 Å². The number of benzene rings is 3. The Kier molecular flexibility index (Phi) is 12.4. The highest BCUT2D eigenvalue weighted by molar-refractivity contribution is 7.89. The van der Waals surface area contributed by atoms with Gasteiger partial charge >= 0.3 is 0 Å². The zero-order valence-electron chi connectivity index (χ0n) is 29.2. The van der Waals surface area contributed by atoms with Crippen LogP contribution >= 0.6 is 11.6 Å². The van der Waals surface area contributed by atoms with Crippen LogP contribution < -0.4 is 18.9 Å². The maximum absolute atomic E-state index is 14.6. The van der Waals surface area contributed by atoms with Gasteiger partial charge in [0.2, 0.25) is 10.0 Å². The largest absolute Gasteiger partial charge is 0.490 e. The Hall–Kier alpha value is -3.51. The Balaban J connectivity index is 1.55. The van der Waals surface area contributed by atoms with Crippen molar-refractivity contribution in [1.29, 1.82) is 0 Å². The first-order valence-electron chi connectivity index (χ1n) is 17.3. The van der Waals surface area contributed by atoms with Crippen LogP contribution in [0.3, 0.4) is 0 Å². The van der Waals surface area contributed by atoms with Crippen molar-refractivity contribution in [1.82, 2.24) is 14.1 Å². The van der Waals surface area contributed by atoms with E-state index in [-0.39, 0.29) is 21.4 Å². The molecule has 3 aromatic rings. The van der Waals surface area contributed by atoms with Gasteiger partial charge in [0.05, 0.1) is 48.0 Å². The summed E-state index contributed by atoms with van der Waals surface area (Å²) in [5, 5.41) is 0.200. The molecule has 1 unspecified atom stereocenters. The molecule has 12 heteroatoms. The number of carbonyl (C=O) groups excluding carboxylic acids is 1. The molecule has 0 bridgehead atoms. The Morgan fingerprint density at radius 1 is 0.755 bits per heavy atom. The highest BCUT2D eigenvalue weighted by atomic mass is 35.5. The van der Waals surface area contributed by atoms with Crippen LogP contribution in [0.5, 0.6) is 23.0 Å². The molecule has 1 saturated heterocycles. The molecular weight excluding hydrogens is 666 g/mol. The molecule has 1 fully saturated rings. The molecule has 0 aromatic heterocycles. The van der Waals surface area contributed by atoms with E-state index in [9.17, 15) is 13.2 Å². The Morgan fingerprint density at radius 2 is 1.37 bits per heavy atom. The number of likely N-dealkylation sites (N-methyl/N-ethyl adjacent to an activating group) is 1. The number of carbonyl (C=O) groups is 1. The van der Waals surface area contributed by atoms with Crippen LogP contribution in [0, 0.1) is 0 Å². The molecule has 0 N–H and O–H groups in total. The van der Waals surface area contributed by atoms with Crippen molar-refractivity contribution in [2.45, 2.75) is 58.4 Å². The van der Waals surface area contributed by atoms with Gasteiger partial charge in [0.1, 0.15) is 0 Å². The number of sulfonamides is 1. The number of nitrogens with zero attached hydrogens (tertiary/aromatic N) is 3. The van der Waals surface area contributed by atoms with Crippen LogP contribution in [0.25, 0.3) is 0 Å². The lowest BCUT2D eigenvalue weighted by Gasteiger charge is -2.38. The van der Waals surface area contributed by atoms with Crippen LogP contribution in [0.2, 0.25) is 5.02 Å². The normalized spacial score (nSPS) is 17.0. The van der Waals surface area contributed by atoms with E-state index >= 15 is 0 Å². The summed E-state index contributed by atoms with van der Waals surface area (Å²) in [5.41, 5.74) is 3.10. The van der Waals surface area contributed by atoms with Gasteiger partial charge in [-0.3, -0.25) is 4.79 Å². The third-order valence-electron chi connectivity index (χ3n) is 9.04. The molecule has 5 rings (SSSR count). The third kappa shape index (κ3) is 8.11. The first-order valence-corrected chi connectivity index (χ1v) is 19.1. The minimum atomic E-state index is -3.83. The van der Waals surface area contributed by atoms with E-state index < -0.39 is 16.1 Å². The molecule has 0 radical (unpaired) electrons. The molecule has 3 aromatic carbocycles. The third-order valence-corrected chi connectivity index (χ3v) is 11.3. The van der Waals surface area contributed by atoms with Gasteiger partial charge in [0.25, 0.3) is 5.91 Å². The van der Waals surface area contributed by atoms with Gasteiger partial charge in [-0.25, -0.2) is 8.42 Å². The molecule has 0 saturated carbocycles. The molecule has 2 heterocycles. The monoisotopic (exact) mass is 713 g/mol. The smallest absolute Gasteiger partial charge is 0.255 e. The molecule has 0 spiro atoms. The summed E-state index contributed by atoms with van der Waals surface area (Å²) in [5.74, 6) is 2.24. The first-order chi connectivity index (χ1) is 23.6. The molecular formula is C37H48ClN3O7S. The number of ether oxygens (including phenoxy) is 4. The van der Waals surface area contributed by atoms with Crippen LogP contribution in [0.4, 0.5) is 0 Å². The molecule has 2 aliphatic rings. The van der Waals surface area contributed by atoms with Crippen molar-refractivity contribution in [2.24, 2.45) is 0 Å². The van der Waals surface area contributed by atoms with Crippen LogP contribution in [0.1, 0.15) is 67.7 Å². The average Bonchev–Trinajstić information content (AvgIpc) is 3.10. The summed E-state index contributed by atoms with van der Waals surface area (Å²) in [7, 11) is -3.83. The van der Waals surface area contributed by atoms with Crippen LogP contribution in [0.15, 0.2) is 53.4 Å². The summed E-state index contributed by atoms with van der Waals surface area (Å²) in [6, 6.07) is 13.9. The second kappa shape index (κ2) is 16.5. The van der Waals surface area contributed by atoms with Gasteiger partial charge in [0, 0.05) is 32.7 Å². The van der Waals surface area contributed by atoms with Crippen molar-refractivity contribution in [3.63, 3.8) is 0 Å². The van der Waals surface area contributed by atoms with Crippen LogP contribution in [-0.4, -0.2) is 94.1 Å². The van der Waals surface area contributed by atoms with E-state index in [0.717, 1.165) is 23.2 Å². The number of rotatable bonds is 14. The summed E-state index contributed by atoms with van der Waals surface area (Å²) in [6.45, 7) is 15.1. The zero-order chi connectivity index (χ0) is 35.1. The fourth-order valence-corrected chi connectivity index (χ4v) is 8.22. The standard InChI is InChI=1S/C37H48ClN3O7S/c1-6-39-17-19-40(20-18-39)49(43,44)28-12-13-31(38)30(24-28)37(42)41-16-15-27-23-35(47-9-4)36(48-10-5)25-29(27)32(41)21-26-11-14-33(45-7-2)34(22-26)46-8-3/h11-14,22-25,32H,6-10,15-21H2,1-5H3. The maximum atomic E-state index is 14.6. The highest BCUT2D eigenvalue weighted by Gasteiger charge is 2.35. The quantitative estimate of drug-likeness (QED) is 0.194. The van der Waals surface area contributed by atoms with Crippen molar-refractivity contribution in [3.8, 4) is 23.0 Å². The minimum absolute atomic E-state index is 0.0621. The lowest BCUT2D eigenvalue weighted by atomic mass is 9.87. The molecule has 1 atom stereocenters. The number of piperazine rings is 1. The van der Waals surface area contributed by atoms with Crippen molar-refractivity contribution < 1.29 is 32.2 Å². The maximum Gasteiger partial charge on any atom is 0.255 e. The number of hydrogen-bond donors (Lipinski definition) is 0.